The van der Waals surface area contributed by atoms with Gasteiger partial charge in [0.2, 0.25) is 0 Å². The Bertz CT molecular complexity index is 145. The molecule has 1 N–H and O–H groups in total. The standard InChI is InChI=1S/C7H12O3S.CH4/c1-11-7(10)5-6(9)3-2-4-8;/h8H,2-5H2,1H3;1H4. The Morgan fingerprint density at radius 1 is 1.42 bits per heavy atom. The first kappa shape index (κ1) is 14.2. The van der Waals surface area contributed by atoms with Gasteiger partial charge in [0.25, 0.3) is 0 Å². The van der Waals surface area contributed by atoms with Crippen LogP contribution < -0.4 is 0 Å². The molecule has 4 heteroatoms. The SMILES string of the molecule is C.CSC(=O)CC(=O)CCCO. The highest BCUT2D eigenvalue weighted by atomic mass is 32.2. The number of carbonyl (C=O) groups is 2. The van der Waals surface area contributed by atoms with Crippen molar-refractivity contribution in [1.29, 1.82) is 0 Å². The van der Waals surface area contributed by atoms with Crippen molar-refractivity contribution < 1.29 is 14.7 Å². The monoisotopic (exact) mass is 192 g/mol. The fourth-order valence-electron chi connectivity index (χ4n) is 0.598. The Morgan fingerprint density at radius 2 is 2.00 bits per heavy atom. The van der Waals surface area contributed by atoms with Gasteiger partial charge in [0.05, 0.1) is 6.42 Å². The maximum Gasteiger partial charge on any atom is 0.196 e. The van der Waals surface area contributed by atoms with E-state index in [1.807, 2.05) is 0 Å². The van der Waals surface area contributed by atoms with Crippen LogP contribution in [0.2, 0.25) is 0 Å². The predicted molar refractivity (Wildman–Crippen MR) is 51.2 cm³/mol. The maximum atomic E-state index is 10.8. The molecule has 0 unspecified atom stereocenters. The minimum absolute atomic E-state index is 0. The number of hydrogen-bond donors (Lipinski definition) is 1. The quantitative estimate of drug-likeness (QED) is 0.666. The van der Waals surface area contributed by atoms with Gasteiger partial charge in [-0.2, -0.15) is 0 Å². The second-order valence-corrected chi connectivity index (χ2v) is 2.98. The topological polar surface area (TPSA) is 54.4 Å². The number of rotatable bonds is 5. The zero-order valence-corrected chi connectivity index (χ0v) is 7.32. The molecule has 0 saturated carbocycles. The molecule has 0 aliphatic carbocycles. The van der Waals surface area contributed by atoms with Crippen molar-refractivity contribution in [3.63, 3.8) is 0 Å². The molecule has 0 atom stereocenters. The van der Waals surface area contributed by atoms with Crippen molar-refractivity contribution in [3.8, 4) is 0 Å². The molecule has 3 nitrogen and oxygen atoms in total. The molecule has 0 saturated heterocycles. The maximum absolute atomic E-state index is 10.8. The van der Waals surface area contributed by atoms with Crippen molar-refractivity contribution >= 4 is 22.7 Å². The Hall–Kier alpha value is -0.350. The van der Waals surface area contributed by atoms with E-state index in [9.17, 15) is 9.59 Å². The highest BCUT2D eigenvalue weighted by Gasteiger charge is 2.06. The van der Waals surface area contributed by atoms with Crippen LogP contribution in [0.25, 0.3) is 0 Å². The third kappa shape index (κ3) is 7.75. The summed E-state index contributed by atoms with van der Waals surface area (Å²) in [7, 11) is 0. The molecule has 0 aliphatic rings. The molecule has 0 fully saturated rings. The number of aliphatic hydroxyl groups excluding tert-OH is 1. The van der Waals surface area contributed by atoms with Crippen LogP contribution in [-0.4, -0.2) is 28.9 Å². The van der Waals surface area contributed by atoms with Crippen molar-refractivity contribution in [2.24, 2.45) is 0 Å². The molecular weight excluding hydrogens is 176 g/mol. The van der Waals surface area contributed by atoms with E-state index in [2.05, 4.69) is 0 Å². The number of aliphatic hydroxyl groups is 1. The highest BCUT2D eigenvalue weighted by Crippen LogP contribution is 2.02. The van der Waals surface area contributed by atoms with Crippen LogP contribution >= 0.6 is 11.8 Å². The molecule has 0 radical (unpaired) electrons. The van der Waals surface area contributed by atoms with Gasteiger partial charge in [0, 0.05) is 13.0 Å². The second-order valence-electron chi connectivity index (χ2n) is 2.12. The van der Waals surface area contributed by atoms with Crippen molar-refractivity contribution in [1.82, 2.24) is 0 Å². The summed E-state index contributed by atoms with van der Waals surface area (Å²) in [6, 6.07) is 0. The van der Waals surface area contributed by atoms with Gasteiger partial charge in [-0.05, 0) is 12.7 Å². The first-order chi connectivity index (χ1) is 5.20. The summed E-state index contributed by atoms with van der Waals surface area (Å²) in [5.74, 6) is -0.0848. The molecule has 72 valence electrons. The summed E-state index contributed by atoms with van der Waals surface area (Å²) in [5, 5.41) is 8.26. The highest BCUT2D eigenvalue weighted by molar-refractivity contribution is 8.13. The molecule has 0 amide bonds. The van der Waals surface area contributed by atoms with Crippen molar-refractivity contribution in [2.45, 2.75) is 26.7 Å². The van der Waals surface area contributed by atoms with E-state index in [1.165, 1.54) is 0 Å². The lowest BCUT2D eigenvalue weighted by Crippen LogP contribution is -2.04. The normalized spacial score (nSPS) is 8.83. The second kappa shape index (κ2) is 8.74. The van der Waals surface area contributed by atoms with E-state index in [0.29, 0.717) is 12.8 Å². The molecule has 0 aliphatic heterocycles. The van der Waals surface area contributed by atoms with Crippen LogP contribution in [0.3, 0.4) is 0 Å². The van der Waals surface area contributed by atoms with E-state index >= 15 is 0 Å². The predicted octanol–water partition coefficient (Wildman–Crippen LogP) is 1.24. The van der Waals surface area contributed by atoms with Gasteiger partial charge in [0.1, 0.15) is 5.78 Å². The van der Waals surface area contributed by atoms with Crippen LogP contribution in [0, 0.1) is 0 Å². The van der Waals surface area contributed by atoms with Crippen LogP contribution in [0.5, 0.6) is 0 Å². The fourth-order valence-corrected chi connectivity index (χ4v) is 0.903. The van der Waals surface area contributed by atoms with Gasteiger partial charge in [-0.15, -0.1) is 0 Å². The Balaban J connectivity index is 0. The summed E-state index contributed by atoms with van der Waals surface area (Å²) >= 11 is 1.06. The average molecular weight is 192 g/mol. The summed E-state index contributed by atoms with van der Waals surface area (Å²) in [4.78, 5) is 21.5. The summed E-state index contributed by atoms with van der Waals surface area (Å²) in [5.41, 5.74) is 0. The Morgan fingerprint density at radius 3 is 2.42 bits per heavy atom. The van der Waals surface area contributed by atoms with E-state index in [1.54, 1.807) is 6.26 Å². The van der Waals surface area contributed by atoms with E-state index in [4.69, 9.17) is 5.11 Å². The third-order valence-electron chi connectivity index (χ3n) is 1.18. The summed E-state index contributed by atoms with van der Waals surface area (Å²) < 4.78 is 0. The molecule has 0 rings (SSSR count). The van der Waals surface area contributed by atoms with Crippen LogP contribution in [0.4, 0.5) is 0 Å². The number of thioether (sulfide) groups is 1. The lowest BCUT2D eigenvalue weighted by molar-refractivity contribution is -0.123. The molecule has 0 bridgehead atoms. The molecule has 0 spiro atoms. The number of hydrogen-bond acceptors (Lipinski definition) is 4. The minimum Gasteiger partial charge on any atom is -0.396 e. The molecule has 0 aromatic heterocycles. The molecule has 12 heavy (non-hydrogen) atoms. The summed E-state index contributed by atoms with van der Waals surface area (Å²) in [6.45, 7) is 0.0131. The first-order valence-corrected chi connectivity index (χ1v) is 4.62. The van der Waals surface area contributed by atoms with E-state index in [-0.39, 0.29) is 31.4 Å². The smallest absolute Gasteiger partial charge is 0.196 e. The van der Waals surface area contributed by atoms with Gasteiger partial charge < -0.3 is 5.11 Å². The largest absolute Gasteiger partial charge is 0.396 e. The summed E-state index contributed by atoms with van der Waals surface area (Å²) in [6.07, 6.45) is 2.42. The lowest BCUT2D eigenvalue weighted by Gasteiger charge is -1.95. The Kier molecular flexibility index (Phi) is 10.3. The van der Waals surface area contributed by atoms with Crippen LogP contribution in [-0.2, 0) is 9.59 Å². The third-order valence-corrected chi connectivity index (χ3v) is 1.78. The first-order valence-electron chi connectivity index (χ1n) is 3.40. The Labute approximate surface area is 77.5 Å². The van der Waals surface area contributed by atoms with E-state index < -0.39 is 0 Å². The van der Waals surface area contributed by atoms with Gasteiger partial charge in [-0.1, -0.05) is 19.2 Å². The lowest BCUT2D eigenvalue weighted by atomic mass is 10.2. The number of carbonyl (C=O) groups excluding carboxylic acids is 2. The van der Waals surface area contributed by atoms with Crippen molar-refractivity contribution in [3.05, 3.63) is 0 Å². The van der Waals surface area contributed by atoms with Gasteiger partial charge in [0.15, 0.2) is 5.12 Å². The van der Waals surface area contributed by atoms with Crippen LogP contribution in [0.1, 0.15) is 26.7 Å². The van der Waals surface area contributed by atoms with Crippen LogP contribution in [0.15, 0.2) is 0 Å². The molecule has 0 heterocycles. The van der Waals surface area contributed by atoms with Crippen molar-refractivity contribution in [2.75, 3.05) is 12.9 Å². The zero-order chi connectivity index (χ0) is 8.69. The van der Waals surface area contributed by atoms with Gasteiger partial charge in [-0.3, -0.25) is 9.59 Å². The zero-order valence-electron chi connectivity index (χ0n) is 6.50. The minimum atomic E-state index is -0.104. The molecule has 0 aromatic carbocycles. The fraction of sp³-hybridized carbons (Fsp3) is 0.750. The average Bonchev–Trinajstić information content (AvgIpc) is 2.00. The van der Waals surface area contributed by atoms with Gasteiger partial charge >= 0.3 is 0 Å². The molecular formula is C8H16O3S. The molecule has 0 aromatic rings. The number of ketones is 1. The van der Waals surface area contributed by atoms with E-state index in [0.717, 1.165) is 11.8 Å². The number of Topliss-reactive ketones (excluding diaryl/α,β-unsaturated/α-hetero) is 1. The van der Waals surface area contributed by atoms with Gasteiger partial charge in [-0.25, -0.2) is 0 Å².